The summed E-state index contributed by atoms with van der Waals surface area (Å²) in [7, 11) is 0. The van der Waals surface area contributed by atoms with E-state index in [1.807, 2.05) is 36.7 Å². The lowest BCUT2D eigenvalue weighted by Crippen LogP contribution is -2.06. The summed E-state index contributed by atoms with van der Waals surface area (Å²) < 4.78 is 7.68. The van der Waals surface area contributed by atoms with E-state index < -0.39 is 0 Å². The fourth-order valence-corrected chi connectivity index (χ4v) is 1.98. The van der Waals surface area contributed by atoms with Crippen LogP contribution in [-0.4, -0.2) is 9.78 Å². The first-order chi connectivity index (χ1) is 8.60. The molecule has 96 valence electrons. The first-order valence-corrected chi connectivity index (χ1v) is 6.12. The van der Waals surface area contributed by atoms with Crippen molar-refractivity contribution >= 4 is 5.82 Å². The molecule has 0 radical (unpaired) electrons. The molecule has 0 saturated carbocycles. The van der Waals surface area contributed by atoms with Crippen LogP contribution in [0.2, 0.25) is 0 Å². The van der Waals surface area contributed by atoms with Crippen molar-refractivity contribution in [2.75, 3.05) is 5.73 Å². The van der Waals surface area contributed by atoms with Gasteiger partial charge in [-0.05, 0) is 32.4 Å². The SMILES string of the molecule is CCn1nc(N)cc1COc1ccc(C)cc1C. The lowest BCUT2D eigenvalue weighted by molar-refractivity contribution is 0.290. The third-order valence-electron chi connectivity index (χ3n) is 2.89. The summed E-state index contributed by atoms with van der Waals surface area (Å²) in [6.07, 6.45) is 0. The molecule has 1 aromatic heterocycles. The molecule has 0 aliphatic rings. The molecule has 0 saturated heterocycles. The Kier molecular flexibility index (Phi) is 3.55. The molecule has 2 rings (SSSR count). The summed E-state index contributed by atoms with van der Waals surface area (Å²) in [5.74, 6) is 1.44. The lowest BCUT2D eigenvalue weighted by atomic mass is 10.1. The number of hydrogen-bond acceptors (Lipinski definition) is 3. The van der Waals surface area contributed by atoms with E-state index in [-0.39, 0.29) is 0 Å². The molecule has 0 amide bonds. The molecule has 0 unspecified atom stereocenters. The second-order valence-electron chi connectivity index (χ2n) is 4.43. The molecular formula is C14H19N3O. The Labute approximate surface area is 107 Å². The minimum Gasteiger partial charge on any atom is -0.487 e. The minimum atomic E-state index is 0.488. The number of benzene rings is 1. The predicted octanol–water partition coefficient (Wildman–Crippen LogP) is 2.68. The fraction of sp³-hybridized carbons (Fsp3) is 0.357. The average Bonchev–Trinajstić information content (AvgIpc) is 2.68. The van der Waals surface area contributed by atoms with E-state index in [0.717, 1.165) is 23.6 Å². The van der Waals surface area contributed by atoms with Crippen molar-refractivity contribution in [3.05, 3.63) is 41.1 Å². The first-order valence-electron chi connectivity index (χ1n) is 6.12. The molecule has 1 heterocycles. The molecular weight excluding hydrogens is 226 g/mol. The Morgan fingerprint density at radius 3 is 2.72 bits per heavy atom. The number of hydrogen-bond donors (Lipinski definition) is 1. The molecule has 2 N–H and O–H groups in total. The molecule has 0 aliphatic carbocycles. The van der Waals surface area contributed by atoms with Crippen molar-refractivity contribution in [3.8, 4) is 5.75 Å². The van der Waals surface area contributed by atoms with Crippen molar-refractivity contribution in [1.82, 2.24) is 9.78 Å². The highest BCUT2D eigenvalue weighted by atomic mass is 16.5. The predicted molar refractivity (Wildman–Crippen MR) is 72.6 cm³/mol. The van der Waals surface area contributed by atoms with Crippen LogP contribution >= 0.6 is 0 Å². The quantitative estimate of drug-likeness (QED) is 0.901. The first kappa shape index (κ1) is 12.5. The van der Waals surface area contributed by atoms with E-state index in [2.05, 4.69) is 18.1 Å². The van der Waals surface area contributed by atoms with E-state index in [1.54, 1.807) is 0 Å². The van der Waals surface area contributed by atoms with Gasteiger partial charge in [0.2, 0.25) is 0 Å². The van der Waals surface area contributed by atoms with Crippen LogP contribution in [0.25, 0.3) is 0 Å². The third kappa shape index (κ3) is 2.64. The largest absolute Gasteiger partial charge is 0.487 e. The van der Waals surface area contributed by atoms with E-state index in [1.165, 1.54) is 5.56 Å². The Morgan fingerprint density at radius 1 is 1.28 bits per heavy atom. The molecule has 0 bridgehead atoms. The number of nitrogens with zero attached hydrogens (tertiary/aromatic N) is 2. The fourth-order valence-electron chi connectivity index (χ4n) is 1.98. The average molecular weight is 245 g/mol. The zero-order chi connectivity index (χ0) is 13.1. The van der Waals surface area contributed by atoms with Crippen molar-refractivity contribution in [3.63, 3.8) is 0 Å². The van der Waals surface area contributed by atoms with Crippen LogP contribution in [0.5, 0.6) is 5.75 Å². The van der Waals surface area contributed by atoms with Crippen LogP contribution in [0.3, 0.4) is 0 Å². The number of nitrogens with two attached hydrogens (primary N) is 1. The van der Waals surface area contributed by atoms with Gasteiger partial charge in [0.15, 0.2) is 0 Å². The Bertz CT molecular complexity index is 546. The Balaban J connectivity index is 2.11. The van der Waals surface area contributed by atoms with Gasteiger partial charge in [-0.1, -0.05) is 17.7 Å². The van der Waals surface area contributed by atoms with Gasteiger partial charge in [0.1, 0.15) is 18.2 Å². The summed E-state index contributed by atoms with van der Waals surface area (Å²) in [6.45, 7) is 7.44. The summed E-state index contributed by atoms with van der Waals surface area (Å²) in [5, 5.41) is 4.19. The second-order valence-corrected chi connectivity index (χ2v) is 4.43. The maximum atomic E-state index is 5.82. The van der Waals surface area contributed by atoms with Crippen LogP contribution in [0, 0.1) is 13.8 Å². The summed E-state index contributed by atoms with van der Waals surface area (Å²) in [5.41, 5.74) is 9.06. The highest BCUT2D eigenvalue weighted by Crippen LogP contribution is 2.20. The van der Waals surface area contributed by atoms with E-state index in [9.17, 15) is 0 Å². The van der Waals surface area contributed by atoms with Gasteiger partial charge in [0, 0.05) is 12.6 Å². The minimum absolute atomic E-state index is 0.488. The molecule has 4 heteroatoms. The van der Waals surface area contributed by atoms with Gasteiger partial charge in [-0.2, -0.15) is 5.10 Å². The normalized spacial score (nSPS) is 10.6. The van der Waals surface area contributed by atoms with Crippen LogP contribution < -0.4 is 10.5 Å². The van der Waals surface area contributed by atoms with Crippen molar-refractivity contribution in [1.29, 1.82) is 0 Å². The van der Waals surface area contributed by atoms with Gasteiger partial charge in [0.05, 0.1) is 5.69 Å². The topological polar surface area (TPSA) is 53.1 Å². The van der Waals surface area contributed by atoms with Gasteiger partial charge in [-0.25, -0.2) is 0 Å². The number of anilines is 1. The van der Waals surface area contributed by atoms with Crippen molar-refractivity contribution < 1.29 is 4.74 Å². The highest BCUT2D eigenvalue weighted by molar-refractivity contribution is 5.36. The molecule has 2 aromatic rings. The maximum absolute atomic E-state index is 5.82. The standard InChI is InChI=1S/C14H19N3O/c1-4-17-12(8-14(15)16-17)9-18-13-6-5-10(2)7-11(13)3/h5-8H,4,9H2,1-3H3,(H2,15,16). The number of aromatic nitrogens is 2. The van der Waals surface area contributed by atoms with Gasteiger partial charge >= 0.3 is 0 Å². The zero-order valence-corrected chi connectivity index (χ0v) is 11.1. The number of ether oxygens (including phenoxy) is 1. The highest BCUT2D eigenvalue weighted by Gasteiger charge is 2.06. The van der Waals surface area contributed by atoms with Gasteiger partial charge in [-0.15, -0.1) is 0 Å². The molecule has 0 atom stereocenters. The van der Waals surface area contributed by atoms with Crippen molar-refractivity contribution in [2.45, 2.75) is 33.9 Å². The molecule has 0 aliphatic heterocycles. The van der Waals surface area contributed by atoms with Crippen LogP contribution in [0.1, 0.15) is 23.7 Å². The summed E-state index contributed by atoms with van der Waals surface area (Å²) in [6, 6.07) is 8.02. The summed E-state index contributed by atoms with van der Waals surface area (Å²) >= 11 is 0. The van der Waals surface area contributed by atoms with Crippen LogP contribution in [-0.2, 0) is 13.2 Å². The lowest BCUT2D eigenvalue weighted by Gasteiger charge is -2.10. The van der Waals surface area contributed by atoms with Gasteiger partial charge in [-0.3, -0.25) is 4.68 Å². The van der Waals surface area contributed by atoms with Crippen molar-refractivity contribution in [2.24, 2.45) is 0 Å². The number of aryl methyl sites for hydroxylation is 3. The molecule has 0 spiro atoms. The molecule has 1 aromatic carbocycles. The smallest absolute Gasteiger partial charge is 0.145 e. The van der Waals surface area contributed by atoms with E-state index >= 15 is 0 Å². The van der Waals surface area contributed by atoms with Gasteiger partial charge < -0.3 is 10.5 Å². The molecule has 4 nitrogen and oxygen atoms in total. The van der Waals surface area contributed by atoms with Gasteiger partial charge in [0.25, 0.3) is 0 Å². The maximum Gasteiger partial charge on any atom is 0.145 e. The number of nitrogen functional groups attached to an aromatic ring is 1. The monoisotopic (exact) mass is 245 g/mol. The van der Waals surface area contributed by atoms with E-state index in [0.29, 0.717) is 12.4 Å². The zero-order valence-electron chi connectivity index (χ0n) is 11.1. The third-order valence-corrected chi connectivity index (χ3v) is 2.89. The van der Waals surface area contributed by atoms with Crippen LogP contribution in [0.4, 0.5) is 5.82 Å². The molecule has 0 fully saturated rings. The second kappa shape index (κ2) is 5.12. The Hall–Kier alpha value is -1.97. The summed E-state index contributed by atoms with van der Waals surface area (Å²) in [4.78, 5) is 0. The number of rotatable bonds is 4. The van der Waals surface area contributed by atoms with Crippen LogP contribution in [0.15, 0.2) is 24.3 Å². The van der Waals surface area contributed by atoms with E-state index in [4.69, 9.17) is 10.5 Å². The molecule has 18 heavy (non-hydrogen) atoms. The Morgan fingerprint density at radius 2 is 2.06 bits per heavy atom.